The minimum Gasteiger partial charge on any atom is -0.477 e. The number of carboxylic acid groups (broad SMARTS) is 1. The molecule has 1 rings (SSSR count). The third-order valence-corrected chi connectivity index (χ3v) is 3.99. The topological polar surface area (TPSA) is 61.1 Å². The molecule has 3 nitrogen and oxygen atoms in total. The highest BCUT2D eigenvalue weighted by Crippen LogP contribution is 2.34. The number of carbonyl (C=O) groups is 1. The van der Waals surface area contributed by atoms with Crippen molar-refractivity contribution in [2.45, 2.75) is 65.7 Å². The number of nitriles is 1. The molecule has 0 saturated heterocycles. The molecule has 1 aromatic rings. The van der Waals surface area contributed by atoms with Crippen LogP contribution in [0.4, 0.5) is 0 Å². The van der Waals surface area contributed by atoms with Crippen molar-refractivity contribution in [2.75, 3.05) is 0 Å². The zero-order chi connectivity index (χ0) is 18.0. The van der Waals surface area contributed by atoms with Gasteiger partial charge in [0.25, 0.3) is 0 Å². The van der Waals surface area contributed by atoms with Crippen molar-refractivity contribution in [1.29, 1.82) is 5.26 Å². The zero-order valence-electron chi connectivity index (χ0n) is 15.2. The van der Waals surface area contributed by atoms with Crippen molar-refractivity contribution in [3.05, 3.63) is 40.5 Å². The molecule has 1 aromatic carbocycles. The molecule has 0 unspecified atom stereocenters. The van der Waals surface area contributed by atoms with Crippen LogP contribution in [0.15, 0.2) is 23.8 Å². The Morgan fingerprint density at radius 2 is 1.48 bits per heavy atom. The molecule has 0 heterocycles. The van der Waals surface area contributed by atoms with E-state index in [0.29, 0.717) is 12.0 Å². The van der Waals surface area contributed by atoms with Gasteiger partial charge in [0.1, 0.15) is 11.6 Å². The molecule has 0 radical (unpaired) electrons. The first-order valence-corrected chi connectivity index (χ1v) is 7.94. The van der Waals surface area contributed by atoms with Crippen LogP contribution in [0.1, 0.15) is 71.6 Å². The maximum Gasteiger partial charge on any atom is 0.346 e. The molecule has 0 aliphatic rings. The monoisotopic (exact) mass is 313 g/mol. The molecule has 0 saturated carbocycles. The Bertz CT molecular complexity index is 645. The van der Waals surface area contributed by atoms with Crippen LogP contribution in [0.5, 0.6) is 0 Å². The van der Waals surface area contributed by atoms with Crippen LogP contribution in [0, 0.1) is 11.3 Å². The summed E-state index contributed by atoms with van der Waals surface area (Å²) in [5.74, 6) is -1.16. The molecule has 124 valence electrons. The minimum absolute atomic E-state index is 0.0507. The average Bonchev–Trinajstić information content (AvgIpc) is 2.41. The molecule has 0 bridgehead atoms. The number of carboxylic acids is 1. The summed E-state index contributed by atoms with van der Waals surface area (Å²) in [6.45, 7) is 14.7. The van der Waals surface area contributed by atoms with Crippen molar-refractivity contribution in [3.63, 3.8) is 0 Å². The molecular weight excluding hydrogens is 286 g/mol. The number of hydrogen-bond acceptors (Lipinski definition) is 2. The fourth-order valence-corrected chi connectivity index (χ4v) is 2.44. The van der Waals surface area contributed by atoms with Gasteiger partial charge >= 0.3 is 5.97 Å². The summed E-state index contributed by atoms with van der Waals surface area (Å²) >= 11 is 0. The molecule has 0 spiro atoms. The molecule has 0 atom stereocenters. The van der Waals surface area contributed by atoms with E-state index in [-0.39, 0.29) is 16.4 Å². The molecule has 23 heavy (non-hydrogen) atoms. The van der Waals surface area contributed by atoms with Gasteiger partial charge in [0.05, 0.1) is 0 Å². The van der Waals surface area contributed by atoms with Gasteiger partial charge < -0.3 is 5.11 Å². The Morgan fingerprint density at radius 1 is 1.04 bits per heavy atom. The number of nitrogens with zero attached hydrogens (tertiary/aromatic N) is 1. The lowest BCUT2D eigenvalue weighted by atomic mass is 9.78. The van der Waals surface area contributed by atoms with Gasteiger partial charge in [0.15, 0.2) is 0 Å². The molecule has 0 aromatic heterocycles. The van der Waals surface area contributed by atoms with Crippen LogP contribution in [0.2, 0.25) is 0 Å². The SMILES string of the molecule is CCC(=C(C#N)C(=O)O)c1cc(C(C)(C)C)cc(C(C)(C)C)c1. The average molecular weight is 313 g/mol. The van der Waals surface area contributed by atoms with Gasteiger partial charge in [-0.15, -0.1) is 0 Å². The van der Waals surface area contributed by atoms with Crippen LogP contribution in [-0.4, -0.2) is 11.1 Å². The van der Waals surface area contributed by atoms with Crippen molar-refractivity contribution in [3.8, 4) is 6.07 Å². The van der Waals surface area contributed by atoms with Gasteiger partial charge in [0, 0.05) is 0 Å². The highest BCUT2D eigenvalue weighted by molar-refractivity contribution is 6.00. The van der Waals surface area contributed by atoms with E-state index < -0.39 is 5.97 Å². The third-order valence-electron chi connectivity index (χ3n) is 3.99. The second-order valence-electron chi connectivity index (χ2n) is 7.92. The number of hydrogen-bond donors (Lipinski definition) is 1. The van der Waals surface area contributed by atoms with E-state index in [4.69, 9.17) is 0 Å². The quantitative estimate of drug-likeness (QED) is 0.627. The highest BCUT2D eigenvalue weighted by Gasteiger charge is 2.23. The Morgan fingerprint density at radius 3 is 1.74 bits per heavy atom. The second kappa shape index (κ2) is 6.58. The predicted molar refractivity (Wildman–Crippen MR) is 94.3 cm³/mol. The molecule has 3 heteroatoms. The van der Waals surface area contributed by atoms with Crippen molar-refractivity contribution in [1.82, 2.24) is 0 Å². The summed E-state index contributed by atoms with van der Waals surface area (Å²) in [7, 11) is 0. The molecule has 0 aliphatic heterocycles. The van der Waals surface area contributed by atoms with Gasteiger partial charge in [-0.3, -0.25) is 0 Å². The van der Waals surface area contributed by atoms with Crippen LogP contribution >= 0.6 is 0 Å². The zero-order valence-corrected chi connectivity index (χ0v) is 15.2. The summed E-state index contributed by atoms with van der Waals surface area (Å²) in [4.78, 5) is 11.4. The van der Waals surface area contributed by atoms with Gasteiger partial charge in [-0.05, 0) is 39.5 Å². The van der Waals surface area contributed by atoms with E-state index in [1.54, 1.807) is 0 Å². The first kappa shape index (κ1) is 19.0. The van der Waals surface area contributed by atoms with Crippen LogP contribution < -0.4 is 0 Å². The number of rotatable bonds is 3. The minimum atomic E-state index is -1.16. The molecule has 0 fully saturated rings. The summed E-state index contributed by atoms with van der Waals surface area (Å²) in [6, 6.07) is 8.08. The molecule has 0 aliphatic carbocycles. The first-order chi connectivity index (χ1) is 10.4. The summed E-state index contributed by atoms with van der Waals surface area (Å²) in [5.41, 5.74) is 3.46. The molecule has 1 N–H and O–H groups in total. The normalized spacial score (nSPS) is 13.3. The lowest BCUT2D eigenvalue weighted by Gasteiger charge is -2.26. The fourth-order valence-electron chi connectivity index (χ4n) is 2.44. The Labute approximate surface area is 139 Å². The van der Waals surface area contributed by atoms with Gasteiger partial charge in [-0.1, -0.05) is 66.7 Å². The third kappa shape index (κ3) is 4.45. The van der Waals surface area contributed by atoms with Crippen molar-refractivity contribution < 1.29 is 9.90 Å². The Balaban J connectivity index is 3.77. The summed E-state index contributed by atoms with van der Waals surface area (Å²) in [5, 5.41) is 18.5. The van der Waals surface area contributed by atoms with E-state index in [1.807, 2.05) is 25.1 Å². The van der Waals surface area contributed by atoms with E-state index in [0.717, 1.165) is 16.7 Å². The lowest BCUT2D eigenvalue weighted by Crippen LogP contribution is -2.17. The lowest BCUT2D eigenvalue weighted by molar-refractivity contribution is -0.132. The molecular formula is C20H27NO2. The number of allylic oxidation sites excluding steroid dienone is 1. The maximum atomic E-state index is 11.4. The number of benzene rings is 1. The highest BCUT2D eigenvalue weighted by atomic mass is 16.4. The maximum absolute atomic E-state index is 11.4. The van der Waals surface area contributed by atoms with Crippen LogP contribution in [-0.2, 0) is 15.6 Å². The molecule has 0 amide bonds. The van der Waals surface area contributed by atoms with E-state index in [1.165, 1.54) is 0 Å². The van der Waals surface area contributed by atoms with Crippen molar-refractivity contribution >= 4 is 11.5 Å². The van der Waals surface area contributed by atoms with Gasteiger partial charge in [-0.25, -0.2) is 4.79 Å². The first-order valence-electron chi connectivity index (χ1n) is 7.94. The Kier molecular flexibility index (Phi) is 5.43. The second-order valence-corrected chi connectivity index (χ2v) is 7.92. The standard InChI is InChI=1S/C20H27NO2/c1-8-16(17(12-21)18(22)23)13-9-14(19(2,3)4)11-15(10-13)20(5,6)7/h9-11H,8H2,1-7H3,(H,22,23). The summed E-state index contributed by atoms with van der Waals surface area (Å²) in [6.07, 6.45) is 0.506. The van der Waals surface area contributed by atoms with Crippen molar-refractivity contribution in [2.24, 2.45) is 0 Å². The fraction of sp³-hybridized carbons (Fsp3) is 0.500. The number of aliphatic carboxylic acids is 1. The van der Waals surface area contributed by atoms with Gasteiger partial charge in [0.2, 0.25) is 0 Å². The predicted octanol–water partition coefficient (Wildman–Crippen LogP) is 5.05. The summed E-state index contributed by atoms with van der Waals surface area (Å²) < 4.78 is 0. The largest absolute Gasteiger partial charge is 0.477 e. The Hall–Kier alpha value is -2.08. The van der Waals surface area contributed by atoms with Gasteiger partial charge in [-0.2, -0.15) is 5.26 Å². The van der Waals surface area contributed by atoms with E-state index in [2.05, 4.69) is 47.6 Å². The van der Waals surface area contributed by atoms with Crippen LogP contribution in [0.25, 0.3) is 5.57 Å². The van der Waals surface area contributed by atoms with E-state index >= 15 is 0 Å². The van der Waals surface area contributed by atoms with E-state index in [9.17, 15) is 15.2 Å². The van der Waals surface area contributed by atoms with Crippen LogP contribution in [0.3, 0.4) is 0 Å². The smallest absolute Gasteiger partial charge is 0.346 e.